The summed E-state index contributed by atoms with van der Waals surface area (Å²) in [6, 6.07) is 8.92. The van der Waals surface area contributed by atoms with Gasteiger partial charge in [0.05, 0.1) is 6.04 Å². The van der Waals surface area contributed by atoms with E-state index < -0.39 is 6.36 Å². The van der Waals surface area contributed by atoms with Crippen LogP contribution in [0.1, 0.15) is 17.2 Å². The molecule has 0 saturated carbocycles. The summed E-state index contributed by atoms with van der Waals surface area (Å²) in [6.45, 7) is 3.07. The first-order chi connectivity index (χ1) is 12.7. The molecule has 0 aliphatic carbocycles. The van der Waals surface area contributed by atoms with Crippen molar-refractivity contribution in [3.63, 3.8) is 0 Å². The molecular weight excluding hydrogens is 493 g/mol. The van der Waals surface area contributed by atoms with Crippen molar-refractivity contribution in [1.29, 1.82) is 0 Å². The highest BCUT2D eigenvalue weighted by Crippen LogP contribution is 2.41. The fourth-order valence-electron chi connectivity index (χ4n) is 3.19. The summed E-state index contributed by atoms with van der Waals surface area (Å²) in [5.74, 6) is -0.167. The smallest absolute Gasteiger partial charge is 0.508 e. The van der Waals surface area contributed by atoms with E-state index in [1.165, 1.54) is 12.1 Å². The van der Waals surface area contributed by atoms with Crippen LogP contribution in [0.25, 0.3) is 0 Å². The van der Waals surface area contributed by atoms with E-state index in [4.69, 9.17) is 0 Å². The number of alkyl halides is 3. The fourth-order valence-corrected chi connectivity index (χ4v) is 4.61. The highest BCUT2D eigenvalue weighted by molar-refractivity contribution is 9.11. The predicted octanol–water partition coefficient (Wildman–Crippen LogP) is 4.81. The second kappa shape index (κ2) is 8.38. The summed E-state index contributed by atoms with van der Waals surface area (Å²) in [5.41, 5.74) is 1.44. The van der Waals surface area contributed by atoms with Gasteiger partial charge in [-0.3, -0.25) is 4.90 Å². The molecule has 2 aromatic rings. The number of hydrogen-bond donors (Lipinski definition) is 2. The molecule has 2 N–H and O–H groups in total. The number of aromatic hydroxyl groups is 1. The molecule has 27 heavy (non-hydrogen) atoms. The molecule has 0 spiro atoms. The zero-order valence-corrected chi connectivity index (χ0v) is 17.2. The first kappa shape index (κ1) is 20.4. The van der Waals surface area contributed by atoms with Crippen LogP contribution in [0.15, 0.2) is 45.3 Å². The van der Waals surface area contributed by atoms with Gasteiger partial charge in [-0.1, -0.05) is 44.0 Å². The zero-order valence-electron chi connectivity index (χ0n) is 14.1. The van der Waals surface area contributed by atoms with E-state index in [1.807, 2.05) is 6.07 Å². The van der Waals surface area contributed by atoms with E-state index in [9.17, 15) is 18.3 Å². The number of phenols is 1. The Bertz CT molecular complexity index is 771. The van der Waals surface area contributed by atoms with Crippen molar-refractivity contribution in [3.8, 4) is 11.5 Å². The molecule has 3 rings (SSSR count). The van der Waals surface area contributed by atoms with Gasteiger partial charge in [0.25, 0.3) is 0 Å². The molecule has 1 fully saturated rings. The Morgan fingerprint density at radius 3 is 2.26 bits per heavy atom. The topological polar surface area (TPSA) is 44.7 Å². The molecule has 9 heteroatoms. The molecule has 2 aromatic carbocycles. The van der Waals surface area contributed by atoms with Gasteiger partial charge in [0, 0.05) is 40.7 Å². The van der Waals surface area contributed by atoms with Gasteiger partial charge < -0.3 is 15.2 Å². The summed E-state index contributed by atoms with van der Waals surface area (Å²) in [6.07, 6.45) is -4.73. The Hall–Kier alpha value is -1.29. The van der Waals surface area contributed by atoms with Crippen LogP contribution in [0.5, 0.6) is 11.5 Å². The minimum Gasteiger partial charge on any atom is -0.508 e. The maximum absolute atomic E-state index is 12.4. The third-order valence-corrected chi connectivity index (χ3v) is 5.41. The number of halogens is 5. The van der Waals surface area contributed by atoms with Gasteiger partial charge in [0.2, 0.25) is 0 Å². The van der Waals surface area contributed by atoms with Crippen molar-refractivity contribution in [2.24, 2.45) is 0 Å². The lowest BCUT2D eigenvalue weighted by Crippen LogP contribution is -2.45. The average molecular weight is 510 g/mol. The lowest BCUT2D eigenvalue weighted by atomic mass is 9.95. The SMILES string of the molecule is Oc1cc(Br)cc(Br)c1[C@H](c1ccc(OC(F)(F)F)cc1)N1CCNCC1. The van der Waals surface area contributed by atoms with Crippen LogP contribution >= 0.6 is 31.9 Å². The van der Waals surface area contributed by atoms with E-state index in [0.29, 0.717) is 10.0 Å². The van der Waals surface area contributed by atoms with Crippen LogP contribution < -0.4 is 10.1 Å². The summed E-state index contributed by atoms with van der Waals surface area (Å²) in [5, 5.41) is 13.8. The fraction of sp³-hybridized carbons (Fsp3) is 0.333. The molecule has 0 amide bonds. The van der Waals surface area contributed by atoms with Crippen molar-refractivity contribution in [1.82, 2.24) is 10.2 Å². The standard InChI is InChI=1S/C18H17Br2F3N2O2/c19-12-9-14(20)16(15(26)10-12)17(25-7-5-24-6-8-25)11-1-3-13(4-2-11)27-18(21,22)23/h1-4,9-10,17,24,26H,5-8H2/t17-/m0/s1. The molecule has 1 aliphatic rings. The summed E-state index contributed by atoms with van der Waals surface area (Å²) in [4.78, 5) is 2.18. The van der Waals surface area contributed by atoms with Crippen molar-refractivity contribution < 1.29 is 23.0 Å². The molecule has 0 radical (unpaired) electrons. The lowest BCUT2D eigenvalue weighted by molar-refractivity contribution is -0.274. The first-order valence-electron chi connectivity index (χ1n) is 8.23. The van der Waals surface area contributed by atoms with Crippen LogP contribution in [-0.2, 0) is 0 Å². The van der Waals surface area contributed by atoms with Crippen LogP contribution in [0.2, 0.25) is 0 Å². The number of hydrogen-bond acceptors (Lipinski definition) is 4. The average Bonchev–Trinajstić information content (AvgIpc) is 2.58. The number of benzene rings is 2. The Labute approximate surface area is 171 Å². The van der Waals surface area contributed by atoms with Crippen molar-refractivity contribution >= 4 is 31.9 Å². The van der Waals surface area contributed by atoms with E-state index >= 15 is 0 Å². The third-order valence-electron chi connectivity index (χ3n) is 4.29. The minimum absolute atomic E-state index is 0.107. The molecule has 1 aliphatic heterocycles. The highest BCUT2D eigenvalue weighted by Gasteiger charge is 2.32. The molecule has 0 bridgehead atoms. The van der Waals surface area contributed by atoms with Gasteiger partial charge in [-0.05, 0) is 29.8 Å². The van der Waals surface area contributed by atoms with Gasteiger partial charge in [-0.25, -0.2) is 0 Å². The highest BCUT2D eigenvalue weighted by atomic mass is 79.9. The van der Waals surface area contributed by atoms with Crippen LogP contribution in [0, 0.1) is 0 Å². The molecule has 0 unspecified atom stereocenters. The van der Waals surface area contributed by atoms with Crippen molar-refractivity contribution in [2.45, 2.75) is 12.4 Å². The summed E-state index contributed by atoms with van der Waals surface area (Å²) >= 11 is 6.86. The van der Waals surface area contributed by atoms with E-state index in [0.717, 1.165) is 36.2 Å². The lowest BCUT2D eigenvalue weighted by Gasteiger charge is -2.36. The van der Waals surface area contributed by atoms with Gasteiger partial charge in [-0.15, -0.1) is 13.2 Å². The molecule has 1 atom stereocenters. The first-order valence-corrected chi connectivity index (χ1v) is 9.81. The van der Waals surface area contributed by atoms with Crippen LogP contribution in [0.3, 0.4) is 0 Å². The van der Waals surface area contributed by atoms with E-state index in [2.05, 4.69) is 46.8 Å². The quantitative estimate of drug-likeness (QED) is 0.620. The molecule has 146 valence electrons. The molecule has 4 nitrogen and oxygen atoms in total. The van der Waals surface area contributed by atoms with Crippen LogP contribution in [0.4, 0.5) is 13.2 Å². The predicted molar refractivity (Wildman–Crippen MR) is 103 cm³/mol. The third kappa shape index (κ3) is 5.16. The number of nitrogens with zero attached hydrogens (tertiary/aromatic N) is 1. The largest absolute Gasteiger partial charge is 0.573 e. The second-order valence-corrected chi connectivity index (χ2v) is 7.90. The maximum Gasteiger partial charge on any atom is 0.573 e. The molecular formula is C18H17Br2F3N2O2. The Kier molecular flexibility index (Phi) is 6.35. The van der Waals surface area contributed by atoms with Crippen molar-refractivity contribution in [2.75, 3.05) is 26.2 Å². The zero-order chi connectivity index (χ0) is 19.6. The molecule has 0 aromatic heterocycles. The van der Waals surface area contributed by atoms with Gasteiger partial charge in [0.15, 0.2) is 0 Å². The van der Waals surface area contributed by atoms with Gasteiger partial charge in [0.1, 0.15) is 11.5 Å². The number of rotatable bonds is 4. The maximum atomic E-state index is 12.4. The Balaban J connectivity index is 2.00. The normalized spacial score (nSPS) is 16.9. The van der Waals surface area contributed by atoms with Gasteiger partial charge in [-0.2, -0.15) is 0 Å². The Morgan fingerprint density at radius 1 is 1.07 bits per heavy atom. The second-order valence-electron chi connectivity index (χ2n) is 6.13. The van der Waals surface area contributed by atoms with E-state index in [-0.39, 0.29) is 17.5 Å². The number of nitrogens with one attached hydrogen (secondary N) is 1. The molecule has 1 saturated heterocycles. The minimum atomic E-state index is -4.73. The monoisotopic (exact) mass is 508 g/mol. The number of phenolic OH excluding ortho intramolecular Hbond substituents is 1. The van der Waals surface area contributed by atoms with Crippen molar-refractivity contribution in [3.05, 3.63) is 56.5 Å². The number of piperazine rings is 1. The van der Waals surface area contributed by atoms with E-state index in [1.54, 1.807) is 18.2 Å². The summed E-state index contributed by atoms with van der Waals surface area (Å²) < 4.78 is 42.7. The number of ether oxygens (including phenoxy) is 1. The van der Waals surface area contributed by atoms with Gasteiger partial charge >= 0.3 is 6.36 Å². The molecule has 1 heterocycles. The summed E-state index contributed by atoms with van der Waals surface area (Å²) in [7, 11) is 0. The van der Waals surface area contributed by atoms with Crippen LogP contribution in [-0.4, -0.2) is 42.5 Å². The Morgan fingerprint density at radius 2 is 1.70 bits per heavy atom.